The predicted molar refractivity (Wildman–Crippen MR) is 123 cm³/mol. The average molecular weight is 478 g/mol. The van der Waals surface area contributed by atoms with E-state index in [-0.39, 0.29) is 23.9 Å². The van der Waals surface area contributed by atoms with Gasteiger partial charge in [-0.1, -0.05) is 18.2 Å². The minimum Gasteiger partial charge on any atom is -0.451 e. The Bertz CT molecular complexity index is 1040. The van der Waals surface area contributed by atoms with Gasteiger partial charge in [-0.15, -0.1) is 0 Å². The Morgan fingerprint density at radius 1 is 1.26 bits per heavy atom. The van der Waals surface area contributed by atoms with Crippen molar-refractivity contribution >= 4 is 17.5 Å². The molecular formula is C24H29F2N3O5. The predicted octanol–water partition coefficient (Wildman–Crippen LogP) is 5.75. The summed E-state index contributed by atoms with van der Waals surface area (Å²) in [7, 11) is 1.61. The standard InChI is InChI=1S/C24H29F2N3O5/c1-24(2,3)34-23(30)27(4)14-16-9-8-12-28(15-16)21-19(29(31)32)13-18(25)22(20(21)26)33-17-10-6-5-7-11-17/h5-7,10-11,13,16H,8-9,12,14-15H2,1-4H3/t16-/m0/s1. The van der Waals surface area contributed by atoms with Crippen LogP contribution in [0, 0.1) is 27.7 Å². The molecule has 0 radical (unpaired) electrons. The van der Waals surface area contributed by atoms with E-state index in [1.165, 1.54) is 21.9 Å². The number of hydrogen-bond acceptors (Lipinski definition) is 6. The molecule has 0 unspecified atom stereocenters. The Morgan fingerprint density at radius 3 is 2.56 bits per heavy atom. The van der Waals surface area contributed by atoms with E-state index >= 15 is 4.39 Å². The van der Waals surface area contributed by atoms with E-state index in [1.807, 2.05) is 0 Å². The molecule has 1 aliphatic rings. The first-order chi connectivity index (χ1) is 16.0. The van der Waals surface area contributed by atoms with Crippen LogP contribution in [0.25, 0.3) is 0 Å². The third-order valence-corrected chi connectivity index (χ3v) is 5.36. The van der Waals surface area contributed by atoms with Crippen LogP contribution in [0.4, 0.5) is 25.0 Å². The molecule has 0 aromatic heterocycles. The molecule has 1 atom stereocenters. The normalized spacial score (nSPS) is 16.2. The van der Waals surface area contributed by atoms with E-state index in [0.29, 0.717) is 25.6 Å². The van der Waals surface area contributed by atoms with Gasteiger partial charge in [0.05, 0.1) is 11.0 Å². The molecule has 1 fully saturated rings. The summed E-state index contributed by atoms with van der Waals surface area (Å²) in [6.45, 7) is 6.24. The number of piperidine rings is 1. The smallest absolute Gasteiger partial charge is 0.410 e. The van der Waals surface area contributed by atoms with Crippen LogP contribution in [0.2, 0.25) is 0 Å². The van der Waals surface area contributed by atoms with Gasteiger partial charge >= 0.3 is 6.09 Å². The Balaban J connectivity index is 1.86. The lowest BCUT2D eigenvalue weighted by molar-refractivity contribution is -0.384. The van der Waals surface area contributed by atoms with E-state index in [4.69, 9.17) is 9.47 Å². The van der Waals surface area contributed by atoms with Crippen molar-refractivity contribution < 1.29 is 28.0 Å². The second-order valence-electron chi connectivity index (χ2n) is 9.36. The summed E-state index contributed by atoms with van der Waals surface area (Å²) >= 11 is 0. The summed E-state index contributed by atoms with van der Waals surface area (Å²) in [5, 5.41) is 11.7. The van der Waals surface area contributed by atoms with E-state index in [9.17, 15) is 19.3 Å². The van der Waals surface area contributed by atoms with Crippen molar-refractivity contribution in [2.45, 2.75) is 39.2 Å². The first-order valence-corrected chi connectivity index (χ1v) is 11.0. The van der Waals surface area contributed by atoms with Crippen molar-refractivity contribution in [3.63, 3.8) is 0 Å². The Morgan fingerprint density at radius 2 is 1.94 bits per heavy atom. The van der Waals surface area contributed by atoms with Gasteiger partial charge in [0.1, 0.15) is 11.4 Å². The summed E-state index contributed by atoms with van der Waals surface area (Å²) in [6, 6.07) is 8.77. The van der Waals surface area contributed by atoms with Crippen molar-refractivity contribution in [3.05, 3.63) is 58.1 Å². The van der Waals surface area contributed by atoms with Crippen LogP contribution in [-0.2, 0) is 4.74 Å². The number of amides is 1. The first-order valence-electron chi connectivity index (χ1n) is 11.0. The van der Waals surface area contributed by atoms with Gasteiger partial charge in [-0.2, -0.15) is 0 Å². The number of rotatable bonds is 6. The summed E-state index contributed by atoms with van der Waals surface area (Å²) < 4.78 is 40.9. The summed E-state index contributed by atoms with van der Waals surface area (Å²) in [5.41, 5.74) is -1.63. The minimum absolute atomic E-state index is 0.0891. The number of para-hydroxylation sites is 1. The van der Waals surface area contributed by atoms with Gasteiger partial charge in [0.25, 0.3) is 5.69 Å². The lowest BCUT2D eigenvalue weighted by Gasteiger charge is -2.36. The molecule has 0 aliphatic carbocycles. The molecule has 1 heterocycles. The number of nitro groups is 1. The fourth-order valence-corrected chi connectivity index (χ4v) is 3.94. The Labute approximate surface area is 197 Å². The topological polar surface area (TPSA) is 85.2 Å². The van der Waals surface area contributed by atoms with Crippen LogP contribution in [-0.4, -0.2) is 48.2 Å². The zero-order valence-electron chi connectivity index (χ0n) is 19.7. The van der Waals surface area contributed by atoms with Crippen LogP contribution in [0.1, 0.15) is 33.6 Å². The fraction of sp³-hybridized carbons (Fsp3) is 0.458. The van der Waals surface area contributed by atoms with Gasteiger partial charge in [-0.3, -0.25) is 10.1 Å². The molecule has 8 nitrogen and oxygen atoms in total. The second-order valence-corrected chi connectivity index (χ2v) is 9.36. The Hall–Kier alpha value is -3.43. The molecule has 34 heavy (non-hydrogen) atoms. The lowest BCUT2D eigenvalue weighted by atomic mass is 9.96. The number of carbonyl (C=O) groups excluding carboxylic acids is 1. The SMILES string of the molecule is CN(C[C@@H]1CCCN(c2c([N+](=O)[O-])cc(F)c(Oc3ccccc3)c2F)C1)C(=O)OC(C)(C)C. The van der Waals surface area contributed by atoms with Crippen LogP contribution in [0.15, 0.2) is 36.4 Å². The average Bonchev–Trinajstić information content (AvgIpc) is 2.76. The van der Waals surface area contributed by atoms with Crippen molar-refractivity contribution in [3.8, 4) is 11.5 Å². The van der Waals surface area contributed by atoms with E-state index in [0.717, 1.165) is 6.42 Å². The number of hydrogen-bond donors (Lipinski definition) is 0. The quantitative estimate of drug-likeness (QED) is 0.389. The highest BCUT2D eigenvalue weighted by atomic mass is 19.1. The van der Waals surface area contributed by atoms with E-state index in [1.54, 1.807) is 46.0 Å². The van der Waals surface area contributed by atoms with Crippen molar-refractivity contribution in [2.75, 3.05) is 31.6 Å². The van der Waals surface area contributed by atoms with Crippen LogP contribution < -0.4 is 9.64 Å². The summed E-state index contributed by atoms with van der Waals surface area (Å²) in [4.78, 5) is 26.1. The molecule has 3 rings (SSSR count). The number of halogens is 2. The van der Waals surface area contributed by atoms with E-state index < -0.39 is 39.7 Å². The zero-order valence-corrected chi connectivity index (χ0v) is 19.7. The number of nitro benzene ring substituents is 1. The monoisotopic (exact) mass is 477 g/mol. The highest BCUT2D eigenvalue weighted by Gasteiger charge is 2.34. The van der Waals surface area contributed by atoms with Gasteiger partial charge in [-0.05, 0) is 51.7 Å². The molecule has 2 aromatic carbocycles. The van der Waals surface area contributed by atoms with Gasteiger partial charge in [0.15, 0.2) is 17.3 Å². The van der Waals surface area contributed by atoms with Crippen molar-refractivity contribution in [1.82, 2.24) is 4.90 Å². The van der Waals surface area contributed by atoms with Gasteiger partial charge in [0.2, 0.25) is 5.75 Å². The molecule has 0 bridgehead atoms. The molecule has 1 saturated heterocycles. The maximum absolute atomic E-state index is 15.5. The van der Waals surface area contributed by atoms with Crippen molar-refractivity contribution in [1.29, 1.82) is 0 Å². The third-order valence-electron chi connectivity index (χ3n) is 5.36. The highest BCUT2D eigenvalue weighted by Crippen LogP contribution is 2.41. The van der Waals surface area contributed by atoms with E-state index in [2.05, 4.69) is 0 Å². The second kappa shape index (κ2) is 10.2. The highest BCUT2D eigenvalue weighted by molar-refractivity contribution is 5.69. The molecule has 10 heteroatoms. The number of benzene rings is 2. The molecule has 2 aromatic rings. The molecule has 1 amide bonds. The van der Waals surface area contributed by atoms with Gasteiger partial charge in [-0.25, -0.2) is 13.6 Å². The maximum Gasteiger partial charge on any atom is 0.410 e. The molecule has 0 N–H and O–H groups in total. The van der Waals surface area contributed by atoms with Crippen molar-refractivity contribution in [2.24, 2.45) is 5.92 Å². The number of carbonyl (C=O) groups is 1. The number of ether oxygens (including phenoxy) is 2. The molecule has 184 valence electrons. The van der Waals surface area contributed by atoms with Crippen LogP contribution in [0.3, 0.4) is 0 Å². The summed E-state index contributed by atoms with van der Waals surface area (Å²) in [6.07, 6.45) is 0.880. The third kappa shape index (κ3) is 6.12. The largest absolute Gasteiger partial charge is 0.451 e. The minimum atomic E-state index is -1.16. The van der Waals surface area contributed by atoms with Gasteiger partial charge in [0, 0.05) is 26.7 Å². The lowest BCUT2D eigenvalue weighted by Crippen LogP contribution is -2.43. The molecule has 0 saturated carbocycles. The fourth-order valence-electron chi connectivity index (χ4n) is 3.94. The molecule has 0 spiro atoms. The molecule has 1 aliphatic heterocycles. The molecular weight excluding hydrogens is 448 g/mol. The number of nitrogens with zero attached hydrogens (tertiary/aromatic N) is 3. The van der Waals surface area contributed by atoms with Crippen LogP contribution in [0.5, 0.6) is 11.5 Å². The zero-order chi connectivity index (χ0) is 25.0. The summed E-state index contributed by atoms with van der Waals surface area (Å²) in [5.74, 6) is -2.86. The van der Waals surface area contributed by atoms with Crippen LogP contribution >= 0.6 is 0 Å². The Kier molecular flexibility index (Phi) is 7.58. The number of anilines is 1. The maximum atomic E-state index is 15.5. The van der Waals surface area contributed by atoms with Gasteiger partial charge < -0.3 is 19.3 Å². The first kappa shape index (κ1) is 25.2.